The Hall–Kier alpha value is -1.60. The summed E-state index contributed by atoms with van der Waals surface area (Å²) < 4.78 is 5.65. The summed E-state index contributed by atoms with van der Waals surface area (Å²) >= 11 is 0. The van der Waals surface area contributed by atoms with Gasteiger partial charge in [-0.25, -0.2) is 0 Å². The number of rotatable bonds is 0. The van der Waals surface area contributed by atoms with E-state index in [1.165, 1.54) is 38.6 Å². The Kier molecular flexibility index (Phi) is 1.46. The van der Waals surface area contributed by atoms with Crippen molar-refractivity contribution in [2.75, 3.05) is 6.61 Å². The fraction of sp³-hybridized carbons (Fsp3) is 0.200. The Labute approximate surface area is 94.4 Å². The van der Waals surface area contributed by atoms with E-state index in [1.54, 1.807) is 0 Å². The molecule has 0 bridgehead atoms. The number of benzene rings is 2. The second kappa shape index (κ2) is 2.74. The van der Waals surface area contributed by atoms with E-state index in [0.29, 0.717) is 0 Å². The van der Waals surface area contributed by atoms with Crippen molar-refractivity contribution in [1.82, 2.24) is 0 Å². The van der Waals surface area contributed by atoms with Crippen molar-refractivity contribution in [3.05, 3.63) is 47.0 Å². The van der Waals surface area contributed by atoms with Gasteiger partial charge >= 0.3 is 0 Å². The van der Waals surface area contributed by atoms with Crippen LogP contribution in [0.25, 0.3) is 21.9 Å². The molecule has 0 fully saturated rings. The Morgan fingerprint density at radius 3 is 2.94 bits per heavy atom. The van der Waals surface area contributed by atoms with E-state index in [2.05, 4.69) is 37.3 Å². The Balaban J connectivity index is 2.28. The number of allylic oxidation sites excluding steroid dienone is 1. The summed E-state index contributed by atoms with van der Waals surface area (Å²) in [6.07, 6.45) is 0. The zero-order chi connectivity index (χ0) is 10.7. The molecule has 4 rings (SSSR count). The largest absolute Gasteiger partial charge is 0.372 e. The maximum atomic E-state index is 5.65. The lowest BCUT2D eigenvalue weighted by Gasteiger charge is -2.18. The molecule has 0 saturated carbocycles. The third-order valence-electron chi connectivity index (χ3n) is 3.79. The molecule has 1 aliphatic carbocycles. The fourth-order valence-corrected chi connectivity index (χ4v) is 2.99. The van der Waals surface area contributed by atoms with E-state index >= 15 is 0 Å². The van der Waals surface area contributed by atoms with Crippen LogP contribution in [-0.2, 0) is 11.3 Å². The van der Waals surface area contributed by atoms with Gasteiger partial charge in [0.2, 0.25) is 0 Å². The van der Waals surface area contributed by atoms with Crippen LogP contribution in [0.5, 0.6) is 0 Å². The molecule has 1 nitrogen and oxygen atoms in total. The van der Waals surface area contributed by atoms with Crippen molar-refractivity contribution in [1.29, 1.82) is 0 Å². The number of hydrogen-bond acceptors (Lipinski definition) is 1. The second-order valence-electron chi connectivity index (χ2n) is 4.60. The van der Waals surface area contributed by atoms with E-state index in [0.717, 1.165) is 13.2 Å². The maximum Gasteiger partial charge on any atom is 0.0730 e. The summed E-state index contributed by atoms with van der Waals surface area (Å²) in [5, 5.41) is 2.79. The standard InChI is InChI=1S/C15H12O/c1-9-12-4-2-3-10-5-6-11-7-16-8-13(9)15(11)14(10)12/h2-6H,7-8H2,1H3. The normalized spacial score (nSPS) is 17.3. The average molecular weight is 208 g/mol. The van der Waals surface area contributed by atoms with E-state index in [4.69, 9.17) is 4.74 Å². The molecule has 1 aliphatic heterocycles. The summed E-state index contributed by atoms with van der Waals surface area (Å²) in [6.45, 7) is 3.74. The summed E-state index contributed by atoms with van der Waals surface area (Å²) in [5.74, 6) is 0. The molecule has 0 N–H and O–H groups in total. The third-order valence-corrected chi connectivity index (χ3v) is 3.79. The van der Waals surface area contributed by atoms with E-state index < -0.39 is 0 Å². The van der Waals surface area contributed by atoms with Crippen molar-refractivity contribution in [2.24, 2.45) is 0 Å². The van der Waals surface area contributed by atoms with Crippen molar-refractivity contribution in [3.63, 3.8) is 0 Å². The van der Waals surface area contributed by atoms with Gasteiger partial charge in [0.25, 0.3) is 0 Å². The second-order valence-corrected chi connectivity index (χ2v) is 4.60. The van der Waals surface area contributed by atoms with Crippen LogP contribution in [0, 0.1) is 0 Å². The van der Waals surface area contributed by atoms with Gasteiger partial charge in [-0.15, -0.1) is 0 Å². The van der Waals surface area contributed by atoms with Crippen LogP contribution in [0.2, 0.25) is 0 Å². The Bertz CT molecular complexity index is 650. The fourth-order valence-electron chi connectivity index (χ4n) is 2.99. The Morgan fingerprint density at radius 2 is 2.00 bits per heavy atom. The number of ether oxygens (including phenoxy) is 1. The minimum absolute atomic E-state index is 0.760. The molecule has 16 heavy (non-hydrogen) atoms. The van der Waals surface area contributed by atoms with Gasteiger partial charge in [0, 0.05) is 0 Å². The SMILES string of the molecule is CC1=C2COCc3ccc4cccc1c4c32. The quantitative estimate of drug-likeness (QED) is 0.642. The molecule has 0 unspecified atom stereocenters. The van der Waals surface area contributed by atoms with Gasteiger partial charge in [0.05, 0.1) is 13.2 Å². The molecule has 0 saturated heterocycles. The first kappa shape index (κ1) is 8.54. The van der Waals surface area contributed by atoms with E-state index in [9.17, 15) is 0 Å². The molecule has 0 spiro atoms. The van der Waals surface area contributed by atoms with Gasteiger partial charge in [0.15, 0.2) is 0 Å². The van der Waals surface area contributed by atoms with Crippen molar-refractivity contribution in [2.45, 2.75) is 13.5 Å². The van der Waals surface area contributed by atoms with Gasteiger partial charge < -0.3 is 4.74 Å². The molecule has 78 valence electrons. The number of hydrogen-bond donors (Lipinski definition) is 0. The molecular weight excluding hydrogens is 196 g/mol. The molecule has 1 heterocycles. The maximum absolute atomic E-state index is 5.65. The van der Waals surface area contributed by atoms with E-state index in [-0.39, 0.29) is 0 Å². The van der Waals surface area contributed by atoms with Gasteiger partial charge in [0.1, 0.15) is 0 Å². The molecule has 0 atom stereocenters. The first-order valence-corrected chi connectivity index (χ1v) is 5.69. The zero-order valence-corrected chi connectivity index (χ0v) is 9.21. The van der Waals surface area contributed by atoms with Gasteiger partial charge in [-0.2, -0.15) is 0 Å². The highest BCUT2D eigenvalue weighted by atomic mass is 16.5. The minimum atomic E-state index is 0.760. The van der Waals surface area contributed by atoms with Crippen LogP contribution >= 0.6 is 0 Å². The predicted molar refractivity (Wildman–Crippen MR) is 66.1 cm³/mol. The van der Waals surface area contributed by atoms with Crippen LogP contribution in [-0.4, -0.2) is 6.61 Å². The molecule has 0 amide bonds. The lowest BCUT2D eigenvalue weighted by Crippen LogP contribution is -2.07. The third kappa shape index (κ3) is 0.856. The topological polar surface area (TPSA) is 9.23 Å². The van der Waals surface area contributed by atoms with Crippen molar-refractivity contribution < 1.29 is 4.74 Å². The smallest absolute Gasteiger partial charge is 0.0730 e. The average Bonchev–Trinajstić information content (AvgIpc) is 2.64. The molecule has 2 aliphatic rings. The monoisotopic (exact) mass is 208 g/mol. The summed E-state index contributed by atoms with van der Waals surface area (Å²) in [7, 11) is 0. The molecule has 2 aromatic carbocycles. The van der Waals surface area contributed by atoms with Crippen molar-refractivity contribution >= 4 is 21.9 Å². The minimum Gasteiger partial charge on any atom is -0.372 e. The van der Waals surface area contributed by atoms with Crippen LogP contribution in [0.1, 0.15) is 23.6 Å². The Morgan fingerprint density at radius 1 is 1.06 bits per heavy atom. The highest BCUT2D eigenvalue weighted by Crippen LogP contribution is 2.45. The highest BCUT2D eigenvalue weighted by Gasteiger charge is 2.26. The van der Waals surface area contributed by atoms with Crippen molar-refractivity contribution in [3.8, 4) is 0 Å². The molecule has 0 radical (unpaired) electrons. The zero-order valence-electron chi connectivity index (χ0n) is 9.21. The van der Waals surface area contributed by atoms with E-state index in [1.807, 2.05) is 0 Å². The molecule has 2 aromatic rings. The first-order chi connectivity index (χ1) is 7.86. The van der Waals surface area contributed by atoms with Crippen LogP contribution in [0.3, 0.4) is 0 Å². The summed E-state index contributed by atoms with van der Waals surface area (Å²) in [6, 6.07) is 11.0. The molecule has 0 aromatic heterocycles. The van der Waals surface area contributed by atoms with Gasteiger partial charge in [-0.3, -0.25) is 0 Å². The van der Waals surface area contributed by atoms with Gasteiger partial charge in [-0.1, -0.05) is 30.3 Å². The van der Waals surface area contributed by atoms with Crippen LogP contribution in [0.4, 0.5) is 0 Å². The molecule has 1 heteroatoms. The predicted octanol–water partition coefficient (Wildman–Crippen LogP) is 3.61. The van der Waals surface area contributed by atoms with Crippen LogP contribution in [0.15, 0.2) is 30.3 Å². The van der Waals surface area contributed by atoms with Gasteiger partial charge in [-0.05, 0) is 45.5 Å². The lowest BCUT2D eigenvalue weighted by atomic mass is 9.96. The summed E-state index contributed by atoms with van der Waals surface area (Å²) in [4.78, 5) is 0. The summed E-state index contributed by atoms with van der Waals surface area (Å²) in [5.41, 5.74) is 6.99. The lowest BCUT2D eigenvalue weighted by molar-refractivity contribution is 0.147. The molecular formula is C15H12O. The highest BCUT2D eigenvalue weighted by molar-refractivity contribution is 6.14. The first-order valence-electron chi connectivity index (χ1n) is 5.69. The van der Waals surface area contributed by atoms with Crippen LogP contribution < -0.4 is 0 Å².